The molecule has 3 atom stereocenters. The molecule has 3 unspecified atom stereocenters. The Balaban J connectivity index is 1.90. The summed E-state index contributed by atoms with van der Waals surface area (Å²) in [5.41, 5.74) is 6.03. The van der Waals surface area contributed by atoms with E-state index in [9.17, 15) is 4.79 Å². The molecular weight excluding hydrogens is 212 g/mol. The van der Waals surface area contributed by atoms with E-state index in [0.29, 0.717) is 5.91 Å². The maximum Gasteiger partial charge on any atom is 0.227 e. The molecule has 17 heavy (non-hydrogen) atoms. The van der Waals surface area contributed by atoms with Gasteiger partial charge in [-0.25, -0.2) is 0 Å². The maximum atomic E-state index is 12.4. The van der Waals surface area contributed by atoms with E-state index in [2.05, 4.69) is 11.8 Å². The van der Waals surface area contributed by atoms with Crippen LogP contribution in [0.3, 0.4) is 0 Å². The van der Waals surface area contributed by atoms with Crippen molar-refractivity contribution in [2.24, 2.45) is 17.6 Å². The molecule has 98 valence electrons. The van der Waals surface area contributed by atoms with Crippen LogP contribution in [0, 0.1) is 11.8 Å². The highest BCUT2D eigenvalue weighted by Gasteiger charge is 2.33. The van der Waals surface area contributed by atoms with Crippen molar-refractivity contribution in [1.29, 1.82) is 0 Å². The van der Waals surface area contributed by atoms with Crippen LogP contribution >= 0.6 is 0 Å². The van der Waals surface area contributed by atoms with Gasteiger partial charge >= 0.3 is 0 Å². The van der Waals surface area contributed by atoms with E-state index >= 15 is 0 Å². The van der Waals surface area contributed by atoms with Crippen LogP contribution in [0.5, 0.6) is 0 Å². The molecule has 2 fully saturated rings. The van der Waals surface area contributed by atoms with Gasteiger partial charge in [-0.1, -0.05) is 19.8 Å². The number of likely N-dealkylation sites (tertiary alicyclic amines) is 1. The molecule has 0 aromatic heterocycles. The van der Waals surface area contributed by atoms with Gasteiger partial charge in [0.2, 0.25) is 5.91 Å². The Morgan fingerprint density at radius 3 is 2.65 bits per heavy atom. The van der Waals surface area contributed by atoms with Crippen LogP contribution in [-0.2, 0) is 4.79 Å². The number of nitrogens with two attached hydrogens (primary N) is 1. The summed E-state index contributed by atoms with van der Waals surface area (Å²) in [5, 5.41) is 0. The number of hydrogen-bond donors (Lipinski definition) is 1. The van der Waals surface area contributed by atoms with Crippen molar-refractivity contribution in [3.05, 3.63) is 0 Å². The van der Waals surface area contributed by atoms with Gasteiger partial charge in [-0.05, 0) is 38.0 Å². The largest absolute Gasteiger partial charge is 0.342 e. The molecule has 1 saturated carbocycles. The number of amides is 1. The Labute approximate surface area is 105 Å². The minimum absolute atomic E-state index is 0.118. The van der Waals surface area contributed by atoms with Gasteiger partial charge in [-0.2, -0.15) is 0 Å². The van der Waals surface area contributed by atoms with E-state index in [0.717, 1.165) is 38.3 Å². The zero-order chi connectivity index (χ0) is 12.3. The Morgan fingerprint density at radius 2 is 2.00 bits per heavy atom. The monoisotopic (exact) mass is 238 g/mol. The smallest absolute Gasteiger partial charge is 0.227 e. The number of nitrogens with zero attached hydrogens (tertiary/aromatic N) is 1. The lowest BCUT2D eigenvalue weighted by Crippen LogP contribution is -2.42. The molecule has 2 rings (SSSR count). The molecule has 2 N–H and O–H groups in total. The van der Waals surface area contributed by atoms with E-state index < -0.39 is 0 Å². The average Bonchev–Trinajstić information content (AvgIpc) is 2.64. The topological polar surface area (TPSA) is 46.3 Å². The summed E-state index contributed by atoms with van der Waals surface area (Å²) in [4.78, 5) is 14.5. The van der Waals surface area contributed by atoms with E-state index in [1.807, 2.05) is 0 Å². The SMILES string of the molecule is CCC1CCCN(C(=O)C2CCCC2N)CC1. The number of carbonyl (C=O) groups is 1. The first kappa shape index (κ1) is 12.9. The van der Waals surface area contributed by atoms with Gasteiger partial charge in [0.25, 0.3) is 0 Å². The molecule has 0 aromatic carbocycles. The van der Waals surface area contributed by atoms with Crippen molar-refractivity contribution in [3.63, 3.8) is 0 Å². The van der Waals surface area contributed by atoms with Crippen LogP contribution in [0.4, 0.5) is 0 Å². The Morgan fingerprint density at radius 1 is 1.18 bits per heavy atom. The van der Waals surface area contributed by atoms with Gasteiger partial charge in [0.05, 0.1) is 5.92 Å². The van der Waals surface area contributed by atoms with Crippen molar-refractivity contribution in [2.75, 3.05) is 13.1 Å². The highest BCUT2D eigenvalue weighted by atomic mass is 16.2. The fourth-order valence-corrected chi connectivity index (χ4v) is 3.32. The molecule has 0 aromatic rings. The molecule has 0 radical (unpaired) electrons. The quantitative estimate of drug-likeness (QED) is 0.801. The highest BCUT2D eigenvalue weighted by molar-refractivity contribution is 5.79. The molecule has 1 aliphatic heterocycles. The van der Waals surface area contributed by atoms with Crippen molar-refractivity contribution in [1.82, 2.24) is 4.90 Å². The second-order valence-corrected chi connectivity index (χ2v) is 5.73. The zero-order valence-electron chi connectivity index (χ0n) is 11.0. The standard InChI is InChI=1S/C14H26N2O/c1-2-11-5-4-9-16(10-8-11)14(17)12-6-3-7-13(12)15/h11-13H,2-10,15H2,1H3. The predicted molar refractivity (Wildman–Crippen MR) is 69.5 cm³/mol. The molecule has 1 aliphatic carbocycles. The third kappa shape index (κ3) is 3.01. The molecule has 1 amide bonds. The first-order valence-corrected chi connectivity index (χ1v) is 7.26. The van der Waals surface area contributed by atoms with E-state index in [-0.39, 0.29) is 12.0 Å². The molecule has 1 heterocycles. The summed E-state index contributed by atoms with van der Waals surface area (Å²) in [6.45, 7) is 4.17. The minimum atomic E-state index is 0.118. The van der Waals surface area contributed by atoms with Crippen molar-refractivity contribution in [2.45, 2.75) is 57.9 Å². The number of carbonyl (C=O) groups excluding carboxylic acids is 1. The fourth-order valence-electron chi connectivity index (χ4n) is 3.32. The minimum Gasteiger partial charge on any atom is -0.342 e. The van der Waals surface area contributed by atoms with Crippen molar-refractivity contribution in [3.8, 4) is 0 Å². The zero-order valence-corrected chi connectivity index (χ0v) is 11.0. The van der Waals surface area contributed by atoms with Crippen molar-refractivity contribution >= 4 is 5.91 Å². The Kier molecular flexibility index (Phi) is 4.43. The predicted octanol–water partition coefficient (Wildman–Crippen LogP) is 2.15. The van der Waals surface area contributed by atoms with Crippen LogP contribution in [0.25, 0.3) is 0 Å². The molecule has 1 saturated heterocycles. The van der Waals surface area contributed by atoms with Gasteiger partial charge in [-0.15, -0.1) is 0 Å². The molecule has 0 bridgehead atoms. The number of hydrogen-bond acceptors (Lipinski definition) is 2. The normalized spacial score (nSPS) is 34.7. The van der Waals surface area contributed by atoms with Gasteiger partial charge in [-0.3, -0.25) is 4.79 Å². The van der Waals surface area contributed by atoms with Gasteiger partial charge in [0, 0.05) is 19.1 Å². The van der Waals surface area contributed by atoms with E-state index in [4.69, 9.17) is 5.73 Å². The van der Waals surface area contributed by atoms with Crippen molar-refractivity contribution < 1.29 is 4.79 Å². The third-order valence-electron chi connectivity index (χ3n) is 4.62. The lowest BCUT2D eigenvalue weighted by Gasteiger charge is -2.26. The molecule has 0 spiro atoms. The molecule has 2 aliphatic rings. The van der Waals surface area contributed by atoms with Gasteiger partial charge in [0.15, 0.2) is 0 Å². The van der Waals surface area contributed by atoms with Crippen LogP contribution < -0.4 is 5.73 Å². The fraction of sp³-hybridized carbons (Fsp3) is 0.929. The van der Waals surface area contributed by atoms with E-state index in [1.54, 1.807) is 0 Å². The average molecular weight is 238 g/mol. The second kappa shape index (κ2) is 5.85. The lowest BCUT2D eigenvalue weighted by molar-refractivity contribution is -0.135. The van der Waals surface area contributed by atoms with Gasteiger partial charge in [0.1, 0.15) is 0 Å². The van der Waals surface area contributed by atoms with E-state index in [1.165, 1.54) is 25.7 Å². The Bertz CT molecular complexity index is 267. The summed E-state index contributed by atoms with van der Waals surface area (Å²) >= 11 is 0. The second-order valence-electron chi connectivity index (χ2n) is 5.73. The first-order valence-electron chi connectivity index (χ1n) is 7.26. The molecule has 3 heteroatoms. The lowest BCUT2D eigenvalue weighted by atomic mass is 9.98. The molecular formula is C14H26N2O. The first-order chi connectivity index (χ1) is 8.22. The summed E-state index contributed by atoms with van der Waals surface area (Å²) in [5.74, 6) is 1.28. The summed E-state index contributed by atoms with van der Waals surface area (Å²) in [6.07, 6.45) is 8.07. The molecule has 3 nitrogen and oxygen atoms in total. The summed E-state index contributed by atoms with van der Waals surface area (Å²) in [7, 11) is 0. The maximum absolute atomic E-state index is 12.4. The third-order valence-corrected chi connectivity index (χ3v) is 4.62. The highest BCUT2D eigenvalue weighted by Crippen LogP contribution is 2.28. The van der Waals surface area contributed by atoms with Crippen LogP contribution in [0.15, 0.2) is 0 Å². The van der Waals surface area contributed by atoms with Crippen LogP contribution in [0.1, 0.15) is 51.9 Å². The summed E-state index contributed by atoms with van der Waals surface area (Å²) < 4.78 is 0. The van der Waals surface area contributed by atoms with Crippen LogP contribution in [-0.4, -0.2) is 29.9 Å². The number of rotatable bonds is 2. The Hall–Kier alpha value is -0.570. The summed E-state index contributed by atoms with van der Waals surface area (Å²) in [6, 6.07) is 0.118. The van der Waals surface area contributed by atoms with Gasteiger partial charge < -0.3 is 10.6 Å². The van der Waals surface area contributed by atoms with Crippen LogP contribution in [0.2, 0.25) is 0 Å².